The fourth-order valence-corrected chi connectivity index (χ4v) is 3.22. The van der Waals surface area contributed by atoms with Gasteiger partial charge in [0, 0.05) is 12.2 Å². The van der Waals surface area contributed by atoms with Gasteiger partial charge in [0.15, 0.2) is 0 Å². The second kappa shape index (κ2) is 8.69. The molecule has 0 saturated heterocycles. The highest BCUT2D eigenvalue weighted by molar-refractivity contribution is 5.91. The van der Waals surface area contributed by atoms with Gasteiger partial charge in [-0.05, 0) is 37.6 Å². The predicted octanol–water partition coefficient (Wildman–Crippen LogP) is 3.30. The number of carbonyl (C=O) groups excluding carboxylic acids is 1. The molecule has 2 aromatic carbocycles. The molecule has 0 aliphatic heterocycles. The maximum Gasteiger partial charge on any atom is 0.331 e. The summed E-state index contributed by atoms with van der Waals surface area (Å²) in [6.45, 7) is 4.24. The molecule has 1 aromatic heterocycles. The fraction of sp³-hybridized carbons (Fsp3) is 0.318. The van der Waals surface area contributed by atoms with Crippen LogP contribution in [0.1, 0.15) is 31.7 Å². The Morgan fingerprint density at radius 3 is 2.39 bits per heavy atom. The molecular formula is C22H25N3O3. The van der Waals surface area contributed by atoms with E-state index >= 15 is 0 Å². The molecule has 0 aliphatic carbocycles. The number of benzene rings is 2. The van der Waals surface area contributed by atoms with Crippen LogP contribution in [-0.2, 0) is 17.9 Å². The molecule has 0 saturated carbocycles. The third-order valence-corrected chi connectivity index (χ3v) is 4.75. The number of fused-ring (bicyclic) bond motifs is 1. The standard InChI is InChI=1S/C22H25N3O3/c1-3-4-7-14-24-21(27)18-8-5-6-9-19(18)25(22(24)28)15-20(26)23-17-12-10-16(2)11-13-17/h5-6,8-13H,3-4,7,14-15H2,1-2H3,(H,23,26). The third-order valence-electron chi connectivity index (χ3n) is 4.75. The highest BCUT2D eigenvalue weighted by Crippen LogP contribution is 2.11. The van der Waals surface area contributed by atoms with E-state index in [-0.39, 0.29) is 18.0 Å². The second-order valence-electron chi connectivity index (χ2n) is 6.96. The van der Waals surface area contributed by atoms with Gasteiger partial charge >= 0.3 is 5.69 Å². The summed E-state index contributed by atoms with van der Waals surface area (Å²) in [4.78, 5) is 38.3. The second-order valence-corrected chi connectivity index (χ2v) is 6.96. The molecule has 3 rings (SSSR count). The van der Waals surface area contributed by atoms with Crippen molar-refractivity contribution in [2.24, 2.45) is 0 Å². The van der Waals surface area contributed by atoms with Gasteiger partial charge in [0.2, 0.25) is 5.91 Å². The molecule has 1 N–H and O–H groups in total. The summed E-state index contributed by atoms with van der Waals surface area (Å²) >= 11 is 0. The highest BCUT2D eigenvalue weighted by atomic mass is 16.2. The summed E-state index contributed by atoms with van der Waals surface area (Å²) in [6.07, 6.45) is 2.68. The first-order valence-corrected chi connectivity index (χ1v) is 9.60. The first kappa shape index (κ1) is 19.6. The third kappa shape index (κ3) is 4.22. The molecule has 0 radical (unpaired) electrons. The van der Waals surface area contributed by atoms with E-state index in [0.717, 1.165) is 24.8 Å². The first-order chi connectivity index (χ1) is 13.5. The minimum Gasteiger partial charge on any atom is -0.325 e. The van der Waals surface area contributed by atoms with Crippen molar-refractivity contribution in [1.29, 1.82) is 0 Å². The van der Waals surface area contributed by atoms with Crippen molar-refractivity contribution in [1.82, 2.24) is 9.13 Å². The van der Waals surface area contributed by atoms with Gasteiger partial charge < -0.3 is 5.32 Å². The van der Waals surface area contributed by atoms with Crippen molar-refractivity contribution in [2.75, 3.05) is 5.32 Å². The van der Waals surface area contributed by atoms with E-state index in [2.05, 4.69) is 12.2 Å². The zero-order valence-corrected chi connectivity index (χ0v) is 16.3. The number of nitrogens with one attached hydrogen (secondary N) is 1. The number of hydrogen-bond acceptors (Lipinski definition) is 3. The molecule has 0 aliphatic rings. The Morgan fingerprint density at radius 2 is 1.68 bits per heavy atom. The summed E-state index contributed by atoms with van der Waals surface area (Å²) in [6, 6.07) is 14.4. The normalized spacial score (nSPS) is 10.9. The lowest BCUT2D eigenvalue weighted by molar-refractivity contribution is -0.116. The Kier molecular flexibility index (Phi) is 6.09. The topological polar surface area (TPSA) is 73.1 Å². The van der Waals surface area contributed by atoms with Gasteiger partial charge in [-0.15, -0.1) is 0 Å². The number of unbranched alkanes of at least 4 members (excludes halogenated alkanes) is 2. The molecule has 6 heteroatoms. The molecule has 0 bridgehead atoms. The first-order valence-electron chi connectivity index (χ1n) is 9.60. The molecule has 0 unspecified atom stereocenters. The number of nitrogens with zero attached hydrogens (tertiary/aromatic N) is 2. The summed E-state index contributed by atoms with van der Waals surface area (Å²) in [7, 11) is 0. The molecule has 6 nitrogen and oxygen atoms in total. The van der Waals surface area contributed by atoms with Crippen LogP contribution in [0.15, 0.2) is 58.1 Å². The van der Waals surface area contributed by atoms with Gasteiger partial charge in [0.1, 0.15) is 6.54 Å². The van der Waals surface area contributed by atoms with Crippen LogP contribution in [0.25, 0.3) is 10.9 Å². The van der Waals surface area contributed by atoms with Crippen LogP contribution in [0, 0.1) is 6.92 Å². The Morgan fingerprint density at radius 1 is 0.964 bits per heavy atom. The molecular weight excluding hydrogens is 354 g/mol. The molecule has 28 heavy (non-hydrogen) atoms. The quantitative estimate of drug-likeness (QED) is 0.640. The molecule has 3 aromatic rings. The van der Waals surface area contributed by atoms with E-state index in [1.165, 1.54) is 9.13 Å². The number of aromatic nitrogens is 2. The number of anilines is 1. The largest absolute Gasteiger partial charge is 0.331 e. The number of carbonyl (C=O) groups is 1. The minimum absolute atomic E-state index is 0.152. The summed E-state index contributed by atoms with van der Waals surface area (Å²) in [5.41, 5.74) is 1.50. The molecule has 0 fully saturated rings. The fourth-order valence-electron chi connectivity index (χ4n) is 3.22. The Balaban J connectivity index is 1.96. The van der Waals surface area contributed by atoms with E-state index in [1.807, 2.05) is 31.2 Å². The van der Waals surface area contributed by atoms with Crippen molar-refractivity contribution in [2.45, 2.75) is 46.2 Å². The molecule has 0 atom stereocenters. The van der Waals surface area contributed by atoms with Crippen LogP contribution in [0.2, 0.25) is 0 Å². The Labute approximate surface area is 163 Å². The molecule has 1 heterocycles. The smallest absolute Gasteiger partial charge is 0.325 e. The molecule has 146 valence electrons. The van der Waals surface area contributed by atoms with Gasteiger partial charge in [-0.1, -0.05) is 49.6 Å². The van der Waals surface area contributed by atoms with Gasteiger partial charge in [-0.2, -0.15) is 0 Å². The van der Waals surface area contributed by atoms with Crippen LogP contribution >= 0.6 is 0 Å². The highest BCUT2D eigenvalue weighted by Gasteiger charge is 2.15. The van der Waals surface area contributed by atoms with Crippen LogP contribution in [0.5, 0.6) is 0 Å². The monoisotopic (exact) mass is 379 g/mol. The zero-order chi connectivity index (χ0) is 20.1. The van der Waals surface area contributed by atoms with E-state index < -0.39 is 5.69 Å². The van der Waals surface area contributed by atoms with Gasteiger partial charge in [-0.3, -0.25) is 18.7 Å². The van der Waals surface area contributed by atoms with Crippen molar-refractivity contribution in [3.8, 4) is 0 Å². The summed E-state index contributed by atoms with van der Waals surface area (Å²) in [5.74, 6) is -0.310. The van der Waals surface area contributed by atoms with Crippen LogP contribution in [0.4, 0.5) is 5.69 Å². The number of hydrogen-bond donors (Lipinski definition) is 1. The lowest BCUT2D eigenvalue weighted by atomic mass is 10.2. The van der Waals surface area contributed by atoms with E-state index in [4.69, 9.17) is 0 Å². The average molecular weight is 379 g/mol. The van der Waals surface area contributed by atoms with E-state index in [9.17, 15) is 14.4 Å². The van der Waals surface area contributed by atoms with Crippen LogP contribution in [0.3, 0.4) is 0 Å². The zero-order valence-electron chi connectivity index (χ0n) is 16.3. The van der Waals surface area contributed by atoms with Gasteiger partial charge in [0.25, 0.3) is 5.56 Å². The lowest BCUT2D eigenvalue weighted by Crippen LogP contribution is -2.41. The predicted molar refractivity (Wildman–Crippen MR) is 112 cm³/mol. The average Bonchev–Trinajstić information content (AvgIpc) is 2.69. The number of rotatable bonds is 7. The molecule has 1 amide bonds. The van der Waals surface area contributed by atoms with Crippen molar-refractivity contribution in [3.05, 3.63) is 74.9 Å². The number of aryl methyl sites for hydroxylation is 1. The molecule has 0 spiro atoms. The summed E-state index contributed by atoms with van der Waals surface area (Å²) < 4.78 is 2.63. The van der Waals surface area contributed by atoms with Crippen LogP contribution in [-0.4, -0.2) is 15.0 Å². The van der Waals surface area contributed by atoms with E-state index in [1.54, 1.807) is 24.3 Å². The van der Waals surface area contributed by atoms with Gasteiger partial charge in [0.05, 0.1) is 10.9 Å². The van der Waals surface area contributed by atoms with Crippen molar-refractivity contribution >= 4 is 22.5 Å². The number of para-hydroxylation sites is 1. The van der Waals surface area contributed by atoms with E-state index in [0.29, 0.717) is 23.1 Å². The van der Waals surface area contributed by atoms with Crippen LogP contribution < -0.4 is 16.6 Å². The SMILES string of the molecule is CCCCCn1c(=O)c2ccccc2n(CC(=O)Nc2ccc(C)cc2)c1=O. The van der Waals surface area contributed by atoms with Crippen molar-refractivity contribution in [3.63, 3.8) is 0 Å². The number of amides is 1. The lowest BCUT2D eigenvalue weighted by Gasteiger charge is -2.14. The maximum atomic E-state index is 13.0. The van der Waals surface area contributed by atoms with Gasteiger partial charge in [-0.25, -0.2) is 4.79 Å². The summed E-state index contributed by atoms with van der Waals surface area (Å²) in [5, 5.41) is 3.26. The van der Waals surface area contributed by atoms with Crippen molar-refractivity contribution < 1.29 is 4.79 Å². The Hall–Kier alpha value is -3.15. The maximum absolute atomic E-state index is 13.0. The Bertz CT molecular complexity index is 1090. The minimum atomic E-state index is -0.446.